The number of hydrogen-bond acceptors (Lipinski definition) is 3. The first kappa shape index (κ1) is 15.8. The molecule has 0 radical (unpaired) electrons. The van der Waals surface area contributed by atoms with Gasteiger partial charge in [-0.05, 0) is 43.7 Å². The van der Waals surface area contributed by atoms with Gasteiger partial charge in [0.05, 0.1) is 5.56 Å². The molecule has 114 valence electrons. The Morgan fingerprint density at radius 1 is 1.00 bits per heavy atom. The summed E-state index contributed by atoms with van der Waals surface area (Å²) in [4.78, 5) is 23.0. The fraction of sp³-hybridized carbons (Fsp3) is 0.222. The lowest BCUT2D eigenvalue weighted by atomic mass is 10.1. The van der Waals surface area contributed by atoms with E-state index in [1.807, 2.05) is 26.0 Å². The Balaban J connectivity index is 1.98. The van der Waals surface area contributed by atoms with Gasteiger partial charge in [0.1, 0.15) is 6.61 Å². The summed E-state index contributed by atoms with van der Waals surface area (Å²) in [5, 5.41) is 2.65. The van der Waals surface area contributed by atoms with Crippen LogP contribution in [-0.2, 0) is 16.1 Å². The van der Waals surface area contributed by atoms with Gasteiger partial charge in [-0.3, -0.25) is 4.79 Å². The minimum atomic E-state index is -0.381. The van der Waals surface area contributed by atoms with Crippen molar-refractivity contribution in [1.29, 1.82) is 0 Å². The summed E-state index contributed by atoms with van der Waals surface area (Å²) in [6, 6.07) is 12.7. The van der Waals surface area contributed by atoms with Gasteiger partial charge in [-0.1, -0.05) is 29.3 Å². The fourth-order valence-corrected chi connectivity index (χ4v) is 2.28. The molecule has 2 rings (SSSR count). The first-order chi connectivity index (χ1) is 10.4. The van der Waals surface area contributed by atoms with Gasteiger partial charge in [0.2, 0.25) is 5.91 Å². The molecular weight excluding hydrogens is 278 g/mol. The van der Waals surface area contributed by atoms with Gasteiger partial charge in [-0.25, -0.2) is 4.79 Å². The standard InChI is InChI=1S/C18H19NO3/c1-12-8-13(2)10-15(9-12)11-22-18(21)16-4-6-17(7-5-16)19-14(3)20/h4-10H,11H2,1-3H3,(H,19,20). The molecule has 0 aromatic heterocycles. The van der Waals surface area contributed by atoms with Gasteiger partial charge in [0, 0.05) is 12.6 Å². The Morgan fingerprint density at radius 2 is 1.59 bits per heavy atom. The van der Waals surface area contributed by atoms with E-state index in [0.717, 1.165) is 16.7 Å². The third-order valence-corrected chi connectivity index (χ3v) is 3.09. The number of esters is 1. The van der Waals surface area contributed by atoms with E-state index in [1.54, 1.807) is 24.3 Å². The second kappa shape index (κ2) is 6.89. The highest BCUT2D eigenvalue weighted by atomic mass is 16.5. The maximum atomic E-state index is 12.0. The van der Waals surface area contributed by atoms with Crippen LogP contribution in [0.4, 0.5) is 5.69 Å². The molecule has 0 saturated heterocycles. The van der Waals surface area contributed by atoms with Crippen LogP contribution in [0.2, 0.25) is 0 Å². The predicted molar refractivity (Wildman–Crippen MR) is 85.8 cm³/mol. The smallest absolute Gasteiger partial charge is 0.338 e. The molecule has 2 aromatic rings. The van der Waals surface area contributed by atoms with E-state index < -0.39 is 0 Å². The molecular formula is C18H19NO3. The van der Waals surface area contributed by atoms with Gasteiger partial charge < -0.3 is 10.1 Å². The van der Waals surface area contributed by atoms with Crippen molar-refractivity contribution in [2.75, 3.05) is 5.32 Å². The average Bonchev–Trinajstić information content (AvgIpc) is 2.44. The largest absolute Gasteiger partial charge is 0.457 e. The molecule has 4 heteroatoms. The minimum Gasteiger partial charge on any atom is -0.457 e. The summed E-state index contributed by atoms with van der Waals surface area (Å²) < 4.78 is 5.32. The molecule has 0 aliphatic carbocycles. The van der Waals surface area contributed by atoms with E-state index in [9.17, 15) is 9.59 Å². The molecule has 0 spiro atoms. The maximum absolute atomic E-state index is 12.0. The van der Waals surface area contributed by atoms with E-state index in [1.165, 1.54) is 6.92 Å². The van der Waals surface area contributed by atoms with Crippen LogP contribution in [0.1, 0.15) is 34.0 Å². The molecule has 0 fully saturated rings. The molecule has 0 aliphatic rings. The van der Waals surface area contributed by atoms with Crippen molar-refractivity contribution in [3.63, 3.8) is 0 Å². The van der Waals surface area contributed by atoms with Gasteiger partial charge in [-0.2, -0.15) is 0 Å². The van der Waals surface area contributed by atoms with Crippen LogP contribution in [0.3, 0.4) is 0 Å². The van der Waals surface area contributed by atoms with Crippen molar-refractivity contribution in [1.82, 2.24) is 0 Å². The van der Waals surface area contributed by atoms with Crippen molar-refractivity contribution >= 4 is 17.6 Å². The number of nitrogens with one attached hydrogen (secondary N) is 1. The van der Waals surface area contributed by atoms with Crippen molar-refractivity contribution in [2.24, 2.45) is 0 Å². The number of carbonyl (C=O) groups is 2. The molecule has 1 N–H and O–H groups in total. The highest BCUT2D eigenvalue weighted by Crippen LogP contribution is 2.13. The highest BCUT2D eigenvalue weighted by molar-refractivity contribution is 5.92. The van der Waals surface area contributed by atoms with Crippen molar-refractivity contribution in [3.05, 3.63) is 64.7 Å². The van der Waals surface area contributed by atoms with Crippen molar-refractivity contribution in [3.8, 4) is 0 Å². The second-order valence-electron chi connectivity index (χ2n) is 5.33. The minimum absolute atomic E-state index is 0.148. The summed E-state index contributed by atoms with van der Waals surface area (Å²) in [6.07, 6.45) is 0. The van der Waals surface area contributed by atoms with Crippen LogP contribution < -0.4 is 5.32 Å². The molecule has 0 heterocycles. The molecule has 0 unspecified atom stereocenters. The monoisotopic (exact) mass is 297 g/mol. The van der Waals surface area contributed by atoms with E-state index in [0.29, 0.717) is 11.3 Å². The lowest BCUT2D eigenvalue weighted by Gasteiger charge is -2.08. The summed E-state index contributed by atoms with van der Waals surface area (Å²) in [5.74, 6) is -0.529. The third-order valence-electron chi connectivity index (χ3n) is 3.09. The van der Waals surface area contributed by atoms with Crippen LogP contribution in [0.15, 0.2) is 42.5 Å². The number of amides is 1. The molecule has 2 aromatic carbocycles. The SMILES string of the molecule is CC(=O)Nc1ccc(C(=O)OCc2cc(C)cc(C)c2)cc1. The summed E-state index contributed by atoms with van der Waals surface area (Å²) in [7, 11) is 0. The number of aryl methyl sites for hydroxylation is 2. The lowest BCUT2D eigenvalue weighted by Crippen LogP contribution is -2.08. The normalized spacial score (nSPS) is 10.1. The molecule has 0 bridgehead atoms. The Bertz CT molecular complexity index is 670. The molecule has 22 heavy (non-hydrogen) atoms. The number of ether oxygens (including phenoxy) is 1. The fourth-order valence-electron chi connectivity index (χ4n) is 2.28. The first-order valence-corrected chi connectivity index (χ1v) is 7.06. The van der Waals surface area contributed by atoms with E-state index in [-0.39, 0.29) is 18.5 Å². The Hall–Kier alpha value is -2.62. The summed E-state index contributed by atoms with van der Waals surface area (Å²) >= 11 is 0. The summed E-state index contributed by atoms with van der Waals surface area (Å²) in [6.45, 7) is 5.71. The van der Waals surface area contributed by atoms with Crippen LogP contribution in [0.25, 0.3) is 0 Å². The van der Waals surface area contributed by atoms with Gasteiger partial charge in [0.25, 0.3) is 0 Å². The first-order valence-electron chi connectivity index (χ1n) is 7.06. The number of anilines is 1. The molecule has 1 amide bonds. The topological polar surface area (TPSA) is 55.4 Å². The number of benzene rings is 2. The highest BCUT2D eigenvalue weighted by Gasteiger charge is 2.08. The third kappa shape index (κ3) is 4.45. The zero-order chi connectivity index (χ0) is 16.1. The zero-order valence-corrected chi connectivity index (χ0v) is 13.0. The van der Waals surface area contributed by atoms with E-state index in [2.05, 4.69) is 11.4 Å². The lowest BCUT2D eigenvalue weighted by molar-refractivity contribution is -0.114. The van der Waals surface area contributed by atoms with Crippen LogP contribution in [-0.4, -0.2) is 11.9 Å². The van der Waals surface area contributed by atoms with Gasteiger partial charge in [-0.15, -0.1) is 0 Å². The average molecular weight is 297 g/mol. The van der Waals surface area contributed by atoms with Crippen molar-refractivity contribution in [2.45, 2.75) is 27.4 Å². The molecule has 0 aliphatic heterocycles. The van der Waals surface area contributed by atoms with Gasteiger partial charge >= 0.3 is 5.97 Å². The second-order valence-corrected chi connectivity index (χ2v) is 5.33. The van der Waals surface area contributed by atoms with Crippen LogP contribution in [0.5, 0.6) is 0 Å². The Morgan fingerprint density at radius 3 is 2.14 bits per heavy atom. The number of hydrogen-bond donors (Lipinski definition) is 1. The quantitative estimate of drug-likeness (QED) is 0.877. The molecule has 4 nitrogen and oxygen atoms in total. The molecule has 0 atom stereocenters. The Kier molecular flexibility index (Phi) is 4.94. The zero-order valence-electron chi connectivity index (χ0n) is 13.0. The Labute approximate surface area is 130 Å². The van der Waals surface area contributed by atoms with E-state index in [4.69, 9.17) is 4.74 Å². The van der Waals surface area contributed by atoms with E-state index >= 15 is 0 Å². The van der Waals surface area contributed by atoms with Crippen molar-refractivity contribution < 1.29 is 14.3 Å². The van der Waals surface area contributed by atoms with Crippen LogP contribution in [0, 0.1) is 13.8 Å². The summed E-state index contributed by atoms with van der Waals surface area (Å²) in [5.41, 5.74) is 4.37. The van der Waals surface area contributed by atoms with Gasteiger partial charge in [0.15, 0.2) is 0 Å². The maximum Gasteiger partial charge on any atom is 0.338 e. The molecule has 0 saturated carbocycles. The van der Waals surface area contributed by atoms with Crippen LogP contribution >= 0.6 is 0 Å². The number of rotatable bonds is 4. The number of carbonyl (C=O) groups excluding carboxylic acids is 2. The predicted octanol–water partition coefficient (Wildman–Crippen LogP) is 3.62.